The zero-order valence-electron chi connectivity index (χ0n) is 16.9. The molecule has 3 heterocycles. The van der Waals surface area contributed by atoms with Crippen LogP contribution in [0.5, 0.6) is 0 Å². The van der Waals surface area contributed by atoms with E-state index in [4.69, 9.17) is 5.73 Å². The van der Waals surface area contributed by atoms with Crippen molar-refractivity contribution in [3.8, 4) is 11.4 Å². The molecule has 0 spiro atoms. The van der Waals surface area contributed by atoms with E-state index in [2.05, 4.69) is 38.7 Å². The smallest absolute Gasteiger partial charge is 0.261 e. The van der Waals surface area contributed by atoms with E-state index in [-0.39, 0.29) is 16.6 Å². The molecule has 1 fully saturated rings. The molecule has 0 radical (unpaired) electrons. The Morgan fingerprint density at radius 1 is 1.17 bits per heavy atom. The summed E-state index contributed by atoms with van der Waals surface area (Å²) in [7, 11) is 2.13. The van der Waals surface area contributed by atoms with Crippen LogP contribution in [0, 0.1) is 5.82 Å². The van der Waals surface area contributed by atoms with Crippen LogP contribution in [0.25, 0.3) is 33.3 Å². The number of nitrogens with zero attached hydrogens (tertiary/aromatic N) is 3. The van der Waals surface area contributed by atoms with Crippen molar-refractivity contribution in [3.05, 3.63) is 52.6 Å². The minimum atomic E-state index is -0.482. The molecule has 7 nitrogen and oxygen atoms in total. The van der Waals surface area contributed by atoms with Crippen molar-refractivity contribution >= 4 is 33.3 Å². The highest BCUT2D eigenvalue weighted by Gasteiger charge is 2.23. The maximum atomic E-state index is 14.4. The van der Waals surface area contributed by atoms with E-state index in [1.165, 1.54) is 12.1 Å². The molecule has 5 rings (SSSR count). The first-order chi connectivity index (χ1) is 14.4. The molecule has 4 N–H and O–H groups in total. The predicted molar refractivity (Wildman–Crippen MR) is 118 cm³/mol. The van der Waals surface area contributed by atoms with Crippen molar-refractivity contribution in [1.29, 1.82) is 0 Å². The van der Waals surface area contributed by atoms with Crippen LogP contribution in [0.2, 0.25) is 0 Å². The number of hydrogen-bond acceptors (Lipinski definition) is 5. The Kier molecular flexibility index (Phi) is 4.25. The molecule has 4 aromatic rings. The molecule has 0 saturated carbocycles. The first-order valence-corrected chi connectivity index (χ1v) is 9.97. The Morgan fingerprint density at radius 2 is 2.00 bits per heavy atom. The lowest BCUT2D eigenvalue weighted by atomic mass is 10.1. The number of fused-ring (bicyclic) bond motifs is 2. The van der Waals surface area contributed by atoms with E-state index in [0.717, 1.165) is 36.4 Å². The molecular formula is C22H23FN6O. The maximum Gasteiger partial charge on any atom is 0.261 e. The lowest BCUT2D eigenvalue weighted by molar-refractivity contribution is 0.275. The average Bonchev–Trinajstić information content (AvgIpc) is 3.10. The molecule has 2 aromatic heterocycles. The van der Waals surface area contributed by atoms with Crippen molar-refractivity contribution in [2.45, 2.75) is 13.0 Å². The van der Waals surface area contributed by atoms with E-state index < -0.39 is 11.4 Å². The number of halogens is 1. The van der Waals surface area contributed by atoms with Gasteiger partial charge in [-0.3, -0.25) is 4.79 Å². The second-order valence-corrected chi connectivity index (χ2v) is 8.00. The van der Waals surface area contributed by atoms with Gasteiger partial charge in [-0.15, -0.1) is 0 Å². The summed E-state index contributed by atoms with van der Waals surface area (Å²) in [5, 5.41) is 0.194. The monoisotopic (exact) mass is 406 g/mol. The van der Waals surface area contributed by atoms with Crippen LogP contribution in [-0.2, 0) is 0 Å². The number of rotatable bonds is 2. The summed E-state index contributed by atoms with van der Waals surface area (Å²) in [4.78, 5) is 27.9. The largest absolute Gasteiger partial charge is 0.397 e. The van der Waals surface area contributed by atoms with Crippen LogP contribution in [0.1, 0.15) is 6.92 Å². The first kappa shape index (κ1) is 18.6. The maximum absolute atomic E-state index is 14.4. The Morgan fingerprint density at radius 3 is 2.80 bits per heavy atom. The fourth-order valence-corrected chi connectivity index (χ4v) is 4.39. The normalized spacial score (nSPS) is 17.8. The fourth-order valence-electron chi connectivity index (χ4n) is 4.39. The van der Waals surface area contributed by atoms with Crippen molar-refractivity contribution < 1.29 is 4.39 Å². The molecule has 1 atom stereocenters. The van der Waals surface area contributed by atoms with Crippen LogP contribution < -0.4 is 16.2 Å². The number of benzene rings is 2. The molecule has 8 heteroatoms. The Hall–Kier alpha value is -3.39. The highest BCUT2D eigenvalue weighted by molar-refractivity contribution is 5.98. The van der Waals surface area contributed by atoms with Crippen molar-refractivity contribution in [1.82, 2.24) is 19.9 Å². The minimum absolute atomic E-state index is 0.0822. The number of imidazole rings is 1. The molecule has 154 valence electrons. The molecule has 1 aliphatic rings. The third-order valence-electron chi connectivity index (χ3n) is 5.89. The first-order valence-electron chi connectivity index (χ1n) is 9.97. The molecule has 0 amide bonds. The van der Waals surface area contributed by atoms with E-state index in [1.807, 2.05) is 18.2 Å². The standard InChI is InChI=1S/C22H23FN6O/c1-12-11-28(2)8-9-29(12)13-6-7-15-17(10-13)26-21(25-15)19-20(24)18-14(23)4-3-5-16(18)27-22(19)30/h3-7,10,12H,8-9,11H2,1-2H3,(H,25,26)(H3,24,27,30). The van der Waals surface area contributed by atoms with Gasteiger partial charge in [0.1, 0.15) is 17.2 Å². The number of likely N-dealkylation sites (N-methyl/N-ethyl adjacent to an activating group) is 1. The predicted octanol–water partition coefficient (Wildman–Crippen LogP) is 2.93. The van der Waals surface area contributed by atoms with Gasteiger partial charge in [0.25, 0.3) is 5.56 Å². The van der Waals surface area contributed by atoms with Gasteiger partial charge in [0.15, 0.2) is 0 Å². The molecule has 1 saturated heterocycles. The van der Waals surface area contributed by atoms with Gasteiger partial charge >= 0.3 is 0 Å². The van der Waals surface area contributed by atoms with E-state index in [9.17, 15) is 9.18 Å². The number of aromatic nitrogens is 3. The number of pyridine rings is 1. The molecule has 0 bridgehead atoms. The zero-order chi connectivity index (χ0) is 21.0. The highest BCUT2D eigenvalue weighted by Crippen LogP contribution is 2.31. The van der Waals surface area contributed by atoms with E-state index in [0.29, 0.717) is 17.4 Å². The van der Waals surface area contributed by atoms with Gasteiger partial charge in [0.05, 0.1) is 27.6 Å². The van der Waals surface area contributed by atoms with Crippen LogP contribution in [-0.4, -0.2) is 52.6 Å². The average molecular weight is 406 g/mol. The van der Waals surface area contributed by atoms with E-state index >= 15 is 0 Å². The molecule has 2 aromatic carbocycles. The number of H-pyrrole nitrogens is 2. The summed E-state index contributed by atoms with van der Waals surface area (Å²) in [6, 6.07) is 10.9. The summed E-state index contributed by atoms with van der Waals surface area (Å²) >= 11 is 0. The lowest BCUT2D eigenvalue weighted by Gasteiger charge is -2.39. The van der Waals surface area contributed by atoms with Crippen LogP contribution in [0.3, 0.4) is 0 Å². The van der Waals surface area contributed by atoms with E-state index in [1.54, 1.807) is 6.07 Å². The number of nitrogens with one attached hydrogen (secondary N) is 2. The van der Waals surface area contributed by atoms with Gasteiger partial charge in [-0.2, -0.15) is 0 Å². The number of nitrogens with two attached hydrogens (primary N) is 1. The number of piperazine rings is 1. The van der Waals surface area contributed by atoms with Gasteiger partial charge in [-0.25, -0.2) is 9.37 Å². The van der Waals surface area contributed by atoms with Crippen molar-refractivity contribution in [2.24, 2.45) is 0 Å². The molecule has 1 unspecified atom stereocenters. The number of hydrogen-bond donors (Lipinski definition) is 3. The fraction of sp³-hybridized carbons (Fsp3) is 0.273. The third kappa shape index (κ3) is 2.91. The second kappa shape index (κ2) is 6.84. The summed E-state index contributed by atoms with van der Waals surface area (Å²) < 4.78 is 14.4. The highest BCUT2D eigenvalue weighted by atomic mass is 19.1. The summed E-state index contributed by atoms with van der Waals surface area (Å²) in [6.07, 6.45) is 0. The minimum Gasteiger partial charge on any atom is -0.397 e. The topological polar surface area (TPSA) is 94.0 Å². The van der Waals surface area contributed by atoms with Crippen molar-refractivity contribution in [2.75, 3.05) is 37.3 Å². The summed E-state index contributed by atoms with van der Waals surface area (Å²) in [5.41, 5.74) is 9.05. The zero-order valence-corrected chi connectivity index (χ0v) is 16.9. The molecule has 0 aliphatic carbocycles. The van der Waals surface area contributed by atoms with Gasteiger partial charge in [-0.1, -0.05) is 6.07 Å². The van der Waals surface area contributed by atoms with Crippen molar-refractivity contribution in [3.63, 3.8) is 0 Å². The number of anilines is 2. The Labute approximate surface area is 172 Å². The molecule has 1 aliphatic heterocycles. The SMILES string of the molecule is CC1CN(C)CCN1c1ccc2nc(-c3c(N)c4c(F)cccc4[nH]c3=O)[nH]c2c1. The van der Waals surface area contributed by atoms with Gasteiger partial charge in [-0.05, 0) is 44.3 Å². The van der Waals surface area contributed by atoms with Gasteiger partial charge in [0.2, 0.25) is 0 Å². The number of nitrogen functional groups attached to an aromatic ring is 1. The van der Waals surface area contributed by atoms with Crippen LogP contribution in [0.4, 0.5) is 15.8 Å². The van der Waals surface area contributed by atoms with Crippen LogP contribution >= 0.6 is 0 Å². The van der Waals surface area contributed by atoms with Gasteiger partial charge in [0, 0.05) is 31.4 Å². The molecule has 30 heavy (non-hydrogen) atoms. The summed E-state index contributed by atoms with van der Waals surface area (Å²) in [5.74, 6) is -0.151. The van der Waals surface area contributed by atoms with Gasteiger partial charge < -0.3 is 25.5 Å². The van der Waals surface area contributed by atoms with Crippen LogP contribution in [0.15, 0.2) is 41.2 Å². The number of aromatic amines is 2. The Balaban J connectivity index is 1.61. The third-order valence-corrected chi connectivity index (χ3v) is 5.89. The quantitative estimate of drug-likeness (QED) is 0.476. The summed E-state index contributed by atoms with van der Waals surface area (Å²) in [6.45, 7) is 5.16. The second-order valence-electron chi connectivity index (χ2n) is 8.00. The Bertz CT molecular complexity index is 1330. The molecular weight excluding hydrogens is 383 g/mol. The lowest BCUT2D eigenvalue weighted by Crippen LogP contribution is -2.50.